The third-order valence-corrected chi connectivity index (χ3v) is 3.72. The first-order valence-corrected chi connectivity index (χ1v) is 7.42. The van der Waals surface area contributed by atoms with Gasteiger partial charge in [0.25, 0.3) is 0 Å². The first-order chi connectivity index (χ1) is 8.34. The number of hydrogen-bond acceptors (Lipinski definition) is 4. The highest BCUT2D eigenvalue weighted by atomic mass is 79.9. The van der Waals surface area contributed by atoms with Crippen molar-refractivity contribution in [2.75, 3.05) is 25.4 Å². The summed E-state index contributed by atoms with van der Waals surface area (Å²) < 4.78 is 6.70. The summed E-state index contributed by atoms with van der Waals surface area (Å²) in [6.07, 6.45) is 1.14. The fourth-order valence-corrected chi connectivity index (χ4v) is 2.45. The van der Waals surface area contributed by atoms with E-state index in [1.165, 1.54) is 0 Å². The van der Waals surface area contributed by atoms with Crippen molar-refractivity contribution in [3.05, 3.63) is 28.7 Å². The molecule has 0 bridgehead atoms. The van der Waals surface area contributed by atoms with Crippen LogP contribution in [-0.2, 0) is 0 Å². The molecule has 1 aromatic rings. The van der Waals surface area contributed by atoms with Gasteiger partial charge in [-0.15, -0.1) is 12.4 Å². The summed E-state index contributed by atoms with van der Waals surface area (Å²) in [4.78, 5) is 4.39. The van der Waals surface area contributed by atoms with Crippen LogP contribution in [-0.4, -0.2) is 30.6 Å². The van der Waals surface area contributed by atoms with E-state index in [0.717, 1.165) is 40.7 Å². The fourth-order valence-electron chi connectivity index (χ4n) is 1.44. The van der Waals surface area contributed by atoms with Crippen LogP contribution in [0.4, 0.5) is 0 Å². The number of halogens is 2. The second-order valence-corrected chi connectivity index (χ2v) is 5.62. The van der Waals surface area contributed by atoms with Gasteiger partial charge in [0.15, 0.2) is 5.17 Å². The number of ether oxygens (including phenoxy) is 1. The molecular formula is C12H16BrClN2OS. The van der Waals surface area contributed by atoms with Crippen LogP contribution in [0.1, 0.15) is 6.42 Å². The summed E-state index contributed by atoms with van der Waals surface area (Å²) in [5.41, 5.74) is 0. The predicted octanol–water partition coefficient (Wildman–Crippen LogP) is 3.33. The van der Waals surface area contributed by atoms with Gasteiger partial charge in [-0.05, 0) is 30.7 Å². The van der Waals surface area contributed by atoms with Crippen LogP contribution < -0.4 is 10.1 Å². The zero-order valence-corrected chi connectivity index (χ0v) is 13.1. The predicted molar refractivity (Wildman–Crippen MR) is 84.3 cm³/mol. The van der Waals surface area contributed by atoms with Crippen molar-refractivity contribution in [2.24, 2.45) is 4.99 Å². The molecule has 1 N–H and O–H groups in total. The lowest BCUT2D eigenvalue weighted by molar-refractivity contribution is 0.344. The topological polar surface area (TPSA) is 33.6 Å². The first kappa shape index (κ1) is 15.7. The molecule has 2 rings (SSSR count). The lowest BCUT2D eigenvalue weighted by Gasteiger charge is -2.13. The number of hydrogen-bond donors (Lipinski definition) is 1. The molecule has 0 amide bonds. The Morgan fingerprint density at radius 2 is 2.11 bits per heavy atom. The number of benzene rings is 1. The number of rotatable bonds is 4. The summed E-state index contributed by atoms with van der Waals surface area (Å²) in [6, 6.07) is 7.89. The number of nitrogens with zero attached hydrogens (tertiary/aromatic N) is 1. The third-order valence-electron chi connectivity index (χ3n) is 2.27. The van der Waals surface area contributed by atoms with Gasteiger partial charge in [-0.25, -0.2) is 0 Å². The van der Waals surface area contributed by atoms with Gasteiger partial charge in [-0.2, -0.15) is 0 Å². The molecule has 0 aliphatic carbocycles. The Kier molecular flexibility index (Phi) is 7.54. The second kappa shape index (κ2) is 8.67. The van der Waals surface area contributed by atoms with Gasteiger partial charge in [0.1, 0.15) is 5.75 Å². The molecule has 0 fully saturated rings. The molecule has 0 radical (unpaired) electrons. The van der Waals surface area contributed by atoms with E-state index in [-0.39, 0.29) is 12.4 Å². The summed E-state index contributed by atoms with van der Waals surface area (Å²) in [7, 11) is 0. The average Bonchev–Trinajstić information content (AvgIpc) is 2.38. The van der Waals surface area contributed by atoms with Crippen molar-refractivity contribution >= 4 is 45.3 Å². The molecule has 0 atom stereocenters. The zero-order chi connectivity index (χ0) is 11.9. The summed E-state index contributed by atoms with van der Waals surface area (Å²) in [5.74, 6) is 1.83. The highest BCUT2D eigenvalue weighted by Crippen LogP contribution is 2.16. The molecule has 0 saturated carbocycles. The van der Waals surface area contributed by atoms with Crippen molar-refractivity contribution in [3.63, 3.8) is 0 Å². The van der Waals surface area contributed by atoms with Crippen molar-refractivity contribution < 1.29 is 4.74 Å². The second-order valence-electron chi connectivity index (χ2n) is 3.62. The van der Waals surface area contributed by atoms with E-state index in [9.17, 15) is 0 Å². The van der Waals surface area contributed by atoms with E-state index < -0.39 is 0 Å². The van der Waals surface area contributed by atoms with Crippen molar-refractivity contribution in [1.82, 2.24) is 5.32 Å². The molecule has 6 heteroatoms. The van der Waals surface area contributed by atoms with Gasteiger partial charge in [-0.3, -0.25) is 4.99 Å². The minimum Gasteiger partial charge on any atom is -0.493 e. The third kappa shape index (κ3) is 5.50. The van der Waals surface area contributed by atoms with Crippen LogP contribution in [0, 0.1) is 0 Å². The molecule has 1 aliphatic heterocycles. The van der Waals surface area contributed by atoms with Crippen LogP contribution in [0.15, 0.2) is 33.7 Å². The Morgan fingerprint density at radius 1 is 1.33 bits per heavy atom. The lowest BCUT2D eigenvalue weighted by atomic mass is 10.3. The zero-order valence-electron chi connectivity index (χ0n) is 9.89. The normalized spacial score (nSPS) is 14.2. The van der Waals surface area contributed by atoms with Crippen LogP contribution >= 0.6 is 40.1 Å². The Hall–Kier alpha value is -0.390. The van der Waals surface area contributed by atoms with Gasteiger partial charge < -0.3 is 10.1 Å². The van der Waals surface area contributed by atoms with Gasteiger partial charge in [0, 0.05) is 23.3 Å². The average molecular weight is 352 g/mol. The molecular weight excluding hydrogens is 336 g/mol. The van der Waals surface area contributed by atoms with E-state index in [4.69, 9.17) is 4.74 Å². The highest BCUT2D eigenvalue weighted by Gasteiger charge is 2.04. The van der Waals surface area contributed by atoms with E-state index in [0.29, 0.717) is 6.61 Å². The highest BCUT2D eigenvalue weighted by molar-refractivity contribution is 9.10. The number of nitrogens with one attached hydrogen (secondary N) is 1. The number of amidine groups is 1. The molecule has 1 aliphatic rings. The standard InChI is InChI=1S/C12H15BrN2OS.ClH/c13-10-2-4-11(5-3-10)16-8-9-17-12-14-6-1-7-15-12;/h2-5H,1,6-9H2,(H,14,15);1H. The summed E-state index contributed by atoms with van der Waals surface area (Å²) >= 11 is 5.12. The minimum atomic E-state index is 0. The summed E-state index contributed by atoms with van der Waals surface area (Å²) in [5, 5.41) is 4.33. The Morgan fingerprint density at radius 3 is 2.78 bits per heavy atom. The van der Waals surface area contributed by atoms with Gasteiger partial charge in [-0.1, -0.05) is 27.7 Å². The maximum Gasteiger partial charge on any atom is 0.156 e. The van der Waals surface area contributed by atoms with E-state index in [1.807, 2.05) is 24.3 Å². The maximum atomic E-state index is 5.63. The Labute approximate surface area is 126 Å². The van der Waals surface area contributed by atoms with Crippen LogP contribution in [0.2, 0.25) is 0 Å². The van der Waals surface area contributed by atoms with Crippen LogP contribution in [0.5, 0.6) is 5.75 Å². The first-order valence-electron chi connectivity index (χ1n) is 5.64. The summed E-state index contributed by atoms with van der Waals surface area (Å²) in [6.45, 7) is 2.69. The Bertz CT molecular complexity index is 386. The lowest BCUT2D eigenvalue weighted by Crippen LogP contribution is -2.27. The maximum absolute atomic E-state index is 5.63. The minimum absolute atomic E-state index is 0. The van der Waals surface area contributed by atoms with Crippen molar-refractivity contribution in [1.29, 1.82) is 0 Å². The SMILES string of the molecule is Brc1ccc(OCCSC2=NCCCN2)cc1.Cl. The van der Waals surface area contributed by atoms with Gasteiger partial charge in [0.2, 0.25) is 0 Å². The monoisotopic (exact) mass is 350 g/mol. The van der Waals surface area contributed by atoms with E-state index in [1.54, 1.807) is 11.8 Å². The molecule has 0 unspecified atom stereocenters. The fraction of sp³-hybridized carbons (Fsp3) is 0.417. The van der Waals surface area contributed by atoms with Crippen molar-refractivity contribution in [2.45, 2.75) is 6.42 Å². The Balaban J connectivity index is 0.00000162. The quantitative estimate of drug-likeness (QED) is 0.845. The van der Waals surface area contributed by atoms with Crippen LogP contribution in [0.3, 0.4) is 0 Å². The largest absolute Gasteiger partial charge is 0.493 e. The molecule has 0 saturated heterocycles. The molecule has 0 spiro atoms. The number of thioether (sulfide) groups is 1. The number of aliphatic imine (C=N–C) groups is 1. The molecule has 3 nitrogen and oxygen atoms in total. The molecule has 100 valence electrons. The smallest absolute Gasteiger partial charge is 0.156 e. The van der Waals surface area contributed by atoms with Crippen LogP contribution in [0.25, 0.3) is 0 Å². The molecule has 1 heterocycles. The molecule has 18 heavy (non-hydrogen) atoms. The van der Waals surface area contributed by atoms with E-state index >= 15 is 0 Å². The van der Waals surface area contributed by atoms with Gasteiger partial charge >= 0.3 is 0 Å². The van der Waals surface area contributed by atoms with E-state index in [2.05, 4.69) is 26.2 Å². The van der Waals surface area contributed by atoms with Gasteiger partial charge in [0.05, 0.1) is 6.61 Å². The van der Waals surface area contributed by atoms with Crippen molar-refractivity contribution in [3.8, 4) is 5.75 Å². The molecule has 1 aromatic carbocycles. The molecule has 0 aromatic heterocycles.